The molecule has 0 bridgehead atoms. The monoisotopic (exact) mass is 672 g/mol. The Labute approximate surface area is 286 Å². The van der Waals surface area contributed by atoms with Gasteiger partial charge in [-0.15, -0.1) is 0 Å². The lowest BCUT2D eigenvalue weighted by molar-refractivity contribution is -0.122. The number of aliphatic hydroxyl groups is 1. The zero-order valence-corrected chi connectivity index (χ0v) is 31.3. The molecule has 0 aromatic rings. The predicted molar refractivity (Wildman–Crippen MR) is 198 cm³/mol. The summed E-state index contributed by atoms with van der Waals surface area (Å²) >= 11 is 0. The summed E-state index contributed by atoms with van der Waals surface area (Å²) in [6, 6.07) is -0.970. The van der Waals surface area contributed by atoms with Crippen molar-refractivity contribution < 1.29 is 22.9 Å². The Hall–Kier alpha value is -0.920. The summed E-state index contributed by atoms with van der Waals surface area (Å²) in [7, 11) is -4.31. The molecule has 0 heterocycles. The lowest BCUT2D eigenvalue weighted by Gasteiger charge is -2.23. The summed E-state index contributed by atoms with van der Waals surface area (Å²) in [5.41, 5.74) is 0. The number of hydrogen-bond acceptors (Lipinski definition) is 4. The largest absolute Gasteiger partial charge is 0.391 e. The number of rotatable bonds is 36. The minimum Gasteiger partial charge on any atom is -0.391 e. The number of aliphatic hydroxyl groups excluding tert-OH is 1. The van der Waals surface area contributed by atoms with Gasteiger partial charge >= 0.3 is 0 Å². The zero-order valence-electron chi connectivity index (χ0n) is 30.5. The van der Waals surface area contributed by atoms with Crippen LogP contribution in [-0.4, -0.2) is 41.9 Å². The highest BCUT2D eigenvalue weighted by molar-refractivity contribution is 7.85. The first-order valence-corrected chi connectivity index (χ1v) is 21.5. The van der Waals surface area contributed by atoms with Gasteiger partial charge in [-0.25, -0.2) is 0 Å². The lowest BCUT2D eigenvalue weighted by atomic mass is 10.0. The number of allylic oxidation sites excluding steroid dienone is 2. The van der Waals surface area contributed by atoms with E-state index in [0.29, 0.717) is 12.8 Å². The van der Waals surface area contributed by atoms with Crippen molar-refractivity contribution in [1.82, 2.24) is 5.32 Å². The van der Waals surface area contributed by atoms with Crippen molar-refractivity contribution in [3.05, 3.63) is 12.2 Å². The molecule has 0 aliphatic rings. The first-order chi connectivity index (χ1) is 22.3. The molecule has 7 heteroatoms. The van der Waals surface area contributed by atoms with Crippen molar-refractivity contribution in [3.8, 4) is 0 Å². The Balaban J connectivity index is 3.88. The molecule has 0 aliphatic carbocycles. The van der Waals surface area contributed by atoms with Gasteiger partial charge in [0, 0.05) is 6.42 Å². The van der Waals surface area contributed by atoms with Crippen LogP contribution in [0.4, 0.5) is 0 Å². The molecule has 0 fully saturated rings. The third kappa shape index (κ3) is 34.4. The fourth-order valence-corrected chi connectivity index (χ4v) is 6.97. The maximum atomic E-state index is 12.5. The highest BCUT2D eigenvalue weighted by Crippen LogP contribution is 2.16. The minimum absolute atomic E-state index is 0.252. The topological polar surface area (TPSA) is 104 Å². The first kappa shape index (κ1) is 45.1. The molecule has 0 radical (unpaired) electrons. The number of hydrogen-bond donors (Lipinski definition) is 3. The van der Waals surface area contributed by atoms with Crippen molar-refractivity contribution in [3.63, 3.8) is 0 Å². The van der Waals surface area contributed by atoms with Gasteiger partial charge in [-0.05, 0) is 38.5 Å². The van der Waals surface area contributed by atoms with Crippen LogP contribution < -0.4 is 5.32 Å². The number of carbonyl (C=O) groups excluding carboxylic acids is 1. The molecule has 2 unspecified atom stereocenters. The van der Waals surface area contributed by atoms with Crippen molar-refractivity contribution in [1.29, 1.82) is 0 Å². The second-order valence-electron chi connectivity index (χ2n) is 13.9. The van der Waals surface area contributed by atoms with Crippen LogP contribution in [0.15, 0.2) is 12.2 Å². The summed E-state index contributed by atoms with van der Waals surface area (Å²) in [5.74, 6) is -0.900. The van der Waals surface area contributed by atoms with Crippen LogP contribution in [0.5, 0.6) is 0 Å². The molecule has 0 saturated heterocycles. The van der Waals surface area contributed by atoms with Crippen molar-refractivity contribution in [2.75, 3.05) is 5.75 Å². The molecule has 0 spiro atoms. The SMILES string of the molecule is CCCCCCCC/C=C\CCCCCCCC(=O)NC(CS(=O)(=O)O)C(O)CCCCCCCCCCCCCCCCCC. The average molecular weight is 672 g/mol. The highest BCUT2D eigenvalue weighted by atomic mass is 32.2. The van der Waals surface area contributed by atoms with E-state index in [9.17, 15) is 22.9 Å². The molecular formula is C39H77NO5S. The van der Waals surface area contributed by atoms with Gasteiger partial charge in [0.2, 0.25) is 5.91 Å². The fourth-order valence-electron chi connectivity index (χ4n) is 6.21. The Kier molecular flexibility index (Phi) is 33.3. The average Bonchev–Trinajstić information content (AvgIpc) is 3.01. The fraction of sp³-hybridized carbons (Fsp3) is 0.923. The molecule has 0 aromatic heterocycles. The van der Waals surface area contributed by atoms with E-state index in [1.165, 1.54) is 135 Å². The van der Waals surface area contributed by atoms with Crippen LogP contribution >= 0.6 is 0 Å². The molecule has 0 saturated carbocycles. The smallest absolute Gasteiger partial charge is 0.266 e. The second-order valence-corrected chi connectivity index (χ2v) is 15.4. The highest BCUT2D eigenvalue weighted by Gasteiger charge is 2.26. The molecule has 46 heavy (non-hydrogen) atoms. The summed E-state index contributed by atoms with van der Waals surface area (Å²) in [6.07, 6.45) is 40.1. The standard InChI is InChI=1S/C39H77NO5S/c1-3-5-7-9-11-13-15-17-19-21-22-24-26-28-30-32-34-38(41)37(36-46(43,44)45)40-39(42)35-33-31-29-27-25-23-20-18-16-14-12-10-8-6-4-2/h18,20,37-38,41H,3-17,19,21-36H2,1-2H3,(H,40,42)(H,43,44,45)/b20-18-. The zero-order chi connectivity index (χ0) is 34.0. The van der Waals surface area contributed by atoms with E-state index in [1.54, 1.807) is 0 Å². The molecule has 1 amide bonds. The molecule has 3 N–H and O–H groups in total. The van der Waals surface area contributed by atoms with Gasteiger partial charge in [0.05, 0.1) is 17.9 Å². The summed E-state index contributed by atoms with van der Waals surface area (Å²) < 4.78 is 32.5. The minimum atomic E-state index is -4.31. The van der Waals surface area contributed by atoms with Gasteiger partial charge < -0.3 is 10.4 Å². The molecule has 0 aromatic carbocycles. The van der Waals surface area contributed by atoms with Gasteiger partial charge in [-0.1, -0.05) is 180 Å². The Morgan fingerprint density at radius 2 is 0.913 bits per heavy atom. The van der Waals surface area contributed by atoms with Crippen LogP contribution in [0.2, 0.25) is 0 Å². The van der Waals surface area contributed by atoms with Gasteiger partial charge in [0.15, 0.2) is 0 Å². The predicted octanol–water partition coefficient (Wildman–Crippen LogP) is 11.4. The number of unbranched alkanes of at least 4 members (excludes halogenated alkanes) is 26. The maximum absolute atomic E-state index is 12.5. The number of carbonyl (C=O) groups is 1. The van der Waals surface area contributed by atoms with E-state index in [1.807, 2.05) is 0 Å². The Morgan fingerprint density at radius 1 is 0.565 bits per heavy atom. The van der Waals surface area contributed by atoms with E-state index in [0.717, 1.165) is 51.4 Å². The molecule has 0 aliphatic heterocycles. The molecule has 274 valence electrons. The van der Waals surface area contributed by atoms with Crippen molar-refractivity contribution in [2.24, 2.45) is 0 Å². The third-order valence-electron chi connectivity index (χ3n) is 9.22. The first-order valence-electron chi connectivity index (χ1n) is 19.9. The molecule has 2 atom stereocenters. The van der Waals surface area contributed by atoms with E-state index in [2.05, 4.69) is 31.3 Å². The van der Waals surface area contributed by atoms with Crippen LogP contribution in [0.1, 0.15) is 213 Å². The van der Waals surface area contributed by atoms with Crippen LogP contribution in [0.25, 0.3) is 0 Å². The quantitative estimate of drug-likeness (QED) is 0.0349. The van der Waals surface area contributed by atoms with Gasteiger partial charge in [0.1, 0.15) is 0 Å². The maximum Gasteiger partial charge on any atom is 0.266 e. The van der Waals surface area contributed by atoms with Crippen LogP contribution in [-0.2, 0) is 14.9 Å². The summed E-state index contributed by atoms with van der Waals surface area (Å²) in [5, 5.41) is 13.3. The van der Waals surface area contributed by atoms with E-state index in [-0.39, 0.29) is 5.91 Å². The van der Waals surface area contributed by atoms with Gasteiger partial charge in [-0.2, -0.15) is 8.42 Å². The summed E-state index contributed by atoms with van der Waals surface area (Å²) in [6.45, 7) is 4.51. The van der Waals surface area contributed by atoms with Crippen molar-refractivity contribution in [2.45, 2.75) is 225 Å². The van der Waals surface area contributed by atoms with Crippen LogP contribution in [0.3, 0.4) is 0 Å². The molecule has 0 rings (SSSR count). The van der Waals surface area contributed by atoms with Gasteiger partial charge in [0.25, 0.3) is 10.1 Å². The van der Waals surface area contributed by atoms with E-state index in [4.69, 9.17) is 0 Å². The second kappa shape index (κ2) is 34.0. The lowest BCUT2D eigenvalue weighted by Crippen LogP contribution is -2.47. The van der Waals surface area contributed by atoms with Gasteiger partial charge in [-0.3, -0.25) is 9.35 Å². The third-order valence-corrected chi connectivity index (χ3v) is 10.0. The Bertz CT molecular complexity index is 785. The Morgan fingerprint density at radius 3 is 1.30 bits per heavy atom. The summed E-state index contributed by atoms with van der Waals surface area (Å²) in [4.78, 5) is 12.5. The normalized spacial score (nSPS) is 13.4. The number of amides is 1. The molecular weight excluding hydrogens is 594 g/mol. The number of nitrogens with one attached hydrogen (secondary N) is 1. The van der Waals surface area contributed by atoms with E-state index < -0.39 is 28.0 Å². The van der Waals surface area contributed by atoms with E-state index >= 15 is 0 Å². The van der Waals surface area contributed by atoms with Crippen LogP contribution in [0, 0.1) is 0 Å². The van der Waals surface area contributed by atoms with Crippen molar-refractivity contribution >= 4 is 16.0 Å². The molecule has 6 nitrogen and oxygen atoms in total.